The Hall–Kier alpha value is -1.75. The second kappa shape index (κ2) is 4.86. The summed E-state index contributed by atoms with van der Waals surface area (Å²) in [6.07, 6.45) is 2.50. The van der Waals surface area contributed by atoms with Crippen LogP contribution >= 0.6 is 0 Å². The smallest absolute Gasteiger partial charge is 0.243 e. The maximum absolute atomic E-state index is 13.5. The van der Waals surface area contributed by atoms with Crippen LogP contribution in [0.15, 0.2) is 28.8 Å². The second-order valence-corrected chi connectivity index (χ2v) is 4.47. The highest BCUT2D eigenvalue weighted by Gasteiger charge is 2.22. The Bertz CT molecular complexity index is 535. The summed E-state index contributed by atoms with van der Waals surface area (Å²) in [4.78, 5) is 4.32. The molecule has 1 aliphatic heterocycles. The molecule has 0 aliphatic carbocycles. The standard InChI is InChI=1S/C13H14FN3O/c14-10-5-2-1-4-9(10)8-12-16-13(18-17-12)11-6-3-7-15-11/h1-2,4-5,11,15H,3,6-8H2. The van der Waals surface area contributed by atoms with Crippen LogP contribution in [0.3, 0.4) is 0 Å². The van der Waals surface area contributed by atoms with Crippen molar-refractivity contribution in [3.8, 4) is 0 Å². The van der Waals surface area contributed by atoms with E-state index in [9.17, 15) is 4.39 Å². The number of benzene rings is 1. The molecule has 4 nitrogen and oxygen atoms in total. The molecule has 2 aromatic rings. The molecule has 2 heterocycles. The lowest BCUT2D eigenvalue weighted by atomic mass is 10.1. The molecule has 1 fully saturated rings. The Morgan fingerprint density at radius 3 is 3.06 bits per heavy atom. The molecule has 0 saturated carbocycles. The SMILES string of the molecule is Fc1ccccc1Cc1noc(C2CCCN2)n1. The molecular formula is C13H14FN3O. The van der Waals surface area contributed by atoms with Crippen molar-refractivity contribution in [1.82, 2.24) is 15.5 Å². The minimum Gasteiger partial charge on any atom is -0.338 e. The van der Waals surface area contributed by atoms with E-state index in [1.165, 1.54) is 6.07 Å². The fourth-order valence-corrected chi connectivity index (χ4v) is 2.19. The van der Waals surface area contributed by atoms with Gasteiger partial charge in [0.15, 0.2) is 5.82 Å². The zero-order valence-corrected chi connectivity index (χ0v) is 9.90. The summed E-state index contributed by atoms with van der Waals surface area (Å²) in [7, 11) is 0. The first-order chi connectivity index (χ1) is 8.83. The third kappa shape index (κ3) is 2.26. The maximum atomic E-state index is 13.5. The molecule has 1 saturated heterocycles. The minimum atomic E-state index is -0.233. The number of nitrogens with one attached hydrogen (secondary N) is 1. The van der Waals surface area contributed by atoms with E-state index in [1.807, 2.05) is 0 Å². The van der Waals surface area contributed by atoms with Gasteiger partial charge in [-0.2, -0.15) is 4.98 Å². The zero-order chi connectivity index (χ0) is 12.4. The van der Waals surface area contributed by atoms with Gasteiger partial charge in [-0.1, -0.05) is 23.4 Å². The molecule has 1 aromatic carbocycles. The summed E-state index contributed by atoms with van der Waals surface area (Å²) in [5.41, 5.74) is 0.587. The van der Waals surface area contributed by atoms with Gasteiger partial charge in [-0.15, -0.1) is 0 Å². The van der Waals surface area contributed by atoms with Crippen molar-refractivity contribution in [2.45, 2.75) is 25.3 Å². The van der Waals surface area contributed by atoms with Gasteiger partial charge in [-0.05, 0) is 31.0 Å². The topological polar surface area (TPSA) is 51.0 Å². The molecule has 1 unspecified atom stereocenters. The van der Waals surface area contributed by atoms with Crippen molar-refractivity contribution in [3.63, 3.8) is 0 Å². The van der Waals surface area contributed by atoms with Crippen LogP contribution in [0, 0.1) is 5.82 Å². The predicted octanol–water partition coefficient (Wildman–Crippen LogP) is 2.22. The van der Waals surface area contributed by atoms with Gasteiger partial charge in [-0.25, -0.2) is 4.39 Å². The van der Waals surface area contributed by atoms with E-state index in [0.717, 1.165) is 19.4 Å². The molecule has 0 spiro atoms. The highest BCUT2D eigenvalue weighted by molar-refractivity contribution is 5.20. The van der Waals surface area contributed by atoms with Crippen LogP contribution in [0.25, 0.3) is 0 Å². The summed E-state index contributed by atoms with van der Waals surface area (Å²) < 4.78 is 18.7. The van der Waals surface area contributed by atoms with E-state index in [-0.39, 0.29) is 11.9 Å². The van der Waals surface area contributed by atoms with Crippen LogP contribution in [0.4, 0.5) is 4.39 Å². The van der Waals surface area contributed by atoms with E-state index in [1.54, 1.807) is 18.2 Å². The lowest BCUT2D eigenvalue weighted by Gasteiger charge is -2.01. The van der Waals surface area contributed by atoms with E-state index >= 15 is 0 Å². The van der Waals surface area contributed by atoms with Gasteiger partial charge in [-0.3, -0.25) is 0 Å². The van der Waals surface area contributed by atoms with Gasteiger partial charge in [0.25, 0.3) is 0 Å². The maximum Gasteiger partial charge on any atom is 0.243 e. The van der Waals surface area contributed by atoms with Crippen molar-refractivity contribution in [1.29, 1.82) is 0 Å². The van der Waals surface area contributed by atoms with Crippen molar-refractivity contribution < 1.29 is 8.91 Å². The van der Waals surface area contributed by atoms with Gasteiger partial charge in [0, 0.05) is 6.42 Å². The quantitative estimate of drug-likeness (QED) is 0.903. The highest BCUT2D eigenvalue weighted by Crippen LogP contribution is 2.21. The molecule has 0 amide bonds. The predicted molar refractivity (Wildman–Crippen MR) is 63.5 cm³/mol. The minimum absolute atomic E-state index is 0.159. The van der Waals surface area contributed by atoms with Crippen molar-refractivity contribution >= 4 is 0 Å². The lowest BCUT2D eigenvalue weighted by Crippen LogP contribution is -2.13. The van der Waals surface area contributed by atoms with E-state index < -0.39 is 0 Å². The van der Waals surface area contributed by atoms with Crippen LogP contribution < -0.4 is 5.32 Å². The summed E-state index contributed by atoms with van der Waals surface area (Å²) in [5, 5.41) is 7.20. The lowest BCUT2D eigenvalue weighted by molar-refractivity contribution is 0.341. The number of rotatable bonds is 3. The summed E-state index contributed by atoms with van der Waals surface area (Å²) in [5.74, 6) is 0.908. The van der Waals surface area contributed by atoms with Gasteiger partial charge in [0.1, 0.15) is 5.82 Å². The zero-order valence-electron chi connectivity index (χ0n) is 9.90. The molecule has 3 rings (SSSR count). The van der Waals surface area contributed by atoms with E-state index in [0.29, 0.717) is 23.7 Å². The molecule has 1 N–H and O–H groups in total. The first-order valence-electron chi connectivity index (χ1n) is 6.12. The Balaban J connectivity index is 1.75. The van der Waals surface area contributed by atoms with Crippen LogP contribution in [-0.2, 0) is 6.42 Å². The van der Waals surface area contributed by atoms with Crippen LogP contribution in [-0.4, -0.2) is 16.7 Å². The Kier molecular flexibility index (Phi) is 3.06. The Labute approximate surface area is 104 Å². The molecule has 1 atom stereocenters. The normalized spacial score (nSPS) is 19.3. The van der Waals surface area contributed by atoms with Crippen LogP contribution in [0.2, 0.25) is 0 Å². The number of hydrogen-bond acceptors (Lipinski definition) is 4. The van der Waals surface area contributed by atoms with Gasteiger partial charge >= 0.3 is 0 Å². The van der Waals surface area contributed by atoms with Crippen molar-refractivity contribution in [2.24, 2.45) is 0 Å². The number of nitrogens with zero attached hydrogens (tertiary/aromatic N) is 2. The van der Waals surface area contributed by atoms with Gasteiger partial charge in [0.2, 0.25) is 5.89 Å². The fraction of sp³-hybridized carbons (Fsp3) is 0.385. The number of halogens is 1. The average molecular weight is 247 g/mol. The highest BCUT2D eigenvalue weighted by atomic mass is 19.1. The Morgan fingerprint density at radius 1 is 1.39 bits per heavy atom. The number of hydrogen-bond donors (Lipinski definition) is 1. The summed E-state index contributed by atoms with van der Waals surface area (Å²) in [6, 6.07) is 6.81. The monoisotopic (exact) mass is 247 g/mol. The number of aromatic nitrogens is 2. The molecule has 0 radical (unpaired) electrons. The van der Waals surface area contributed by atoms with Crippen LogP contribution in [0.1, 0.15) is 36.2 Å². The molecule has 18 heavy (non-hydrogen) atoms. The molecule has 5 heteroatoms. The molecule has 94 valence electrons. The first-order valence-corrected chi connectivity index (χ1v) is 6.12. The average Bonchev–Trinajstić information content (AvgIpc) is 3.02. The van der Waals surface area contributed by atoms with Crippen molar-refractivity contribution in [2.75, 3.05) is 6.54 Å². The molecule has 1 aromatic heterocycles. The Morgan fingerprint density at radius 2 is 2.28 bits per heavy atom. The molecule has 0 bridgehead atoms. The summed E-state index contributed by atoms with van der Waals surface area (Å²) in [6.45, 7) is 0.982. The molecule has 1 aliphatic rings. The van der Waals surface area contributed by atoms with Crippen molar-refractivity contribution in [3.05, 3.63) is 47.4 Å². The van der Waals surface area contributed by atoms with Crippen LogP contribution in [0.5, 0.6) is 0 Å². The van der Waals surface area contributed by atoms with E-state index in [4.69, 9.17) is 4.52 Å². The first kappa shape index (κ1) is 11.3. The van der Waals surface area contributed by atoms with E-state index in [2.05, 4.69) is 15.5 Å². The summed E-state index contributed by atoms with van der Waals surface area (Å²) >= 11 is 0. The largest absolute Gasteiger partial charge is 0.338 e. The van der Waals surface area contributed by atoms with Gasteiger partial charge in [0.05, 0.1) is 6.04 Å². The fourth-order valence-electron chi connectivity index (χ4n) is 2.19. The second-order valence-electron chi connectivity index (χ2n) is 4.47. The van der Waals surface area contributed by atoms with Gasteiger partial charge < -0.3 is 9.84 Å². The third-order valence-corrected chi connectivity index (χ3v) is 3.15. The molecular weight excluding hydrogens is 233 g/mol. The third-order valence-electron chi connectivity index (χ3n) is 3.15.